The third kappa shape index (κ3) is 6.94. The Morgan fingerprint density at radius 3 is 2.70 bits per heavy atom. The van der Waals surface area contributed by atoms with Crippen LogP contribution in [-0.4, -0.2) is 36.2 Å². The van der Waals surface area contributed by atoms with Gasteiger partial charge in [-0.3, -0.25) is 14.4 Å². The van der Waals surface area contributed by atoms with Crippen LogP contribution in [0.3, 0.4) is 0 Å². The van der Waals surface area contributed by atoms with Gasteiger partial charge in [0.15, 0.2) is 5.78 Å². The highest BCUT2D eigenvalue weighted by atomic mass is 79.9. The summed E-state index contributed by atoms with van der Waals surface area (Å²) in [4.78, 5) is 37.4. The maximum Gasteiger partial charge on any atom is 0.305 e. The fourth-order valence-corrected chi connectivity index (χ4v) is 3.53. The number of likely N-dealkylation sites (tertiary alicyclic amines) is 1. The Morgan fingerprint density at radius 1 is 1.19 bits per heavy atom. The Balaban J connectivity index is 1.80. The fraction of sp³-hybridized carbons (Fsp3) is 0.476. The van der Waals surface area contributed by atoms with E-state index in [-0.39, 0.29) is 17.7 Å². The summed E-state index contributed by atoms with van der Waals surface area (Å²) in [5, 5.41) is 0. The monoisotopic (exact) mass is 435 g/mol. The molecule has 0 aromatic heterocycles. The summed E-state index contributed by atoms with van der Waals surface area (Å²) in [6, 6.07) is 7.35. The third-order valence-electron chi connectivity index (χ3n) is 4.65. The molecule has 0 unspecified atom stereocenters. The number of ketones is 1. The normalized spacial score (nSPS) is 15.4. The van der Waals surface area contributed by atoms with Gasteiger partial charge in [0.25, 0.3) is 0 Å². The van der Waals surface area contributed by atoms with Crippen molar-refractivity contribution in [3.05, 3.63) is 46.1 Å². The summed E-state index contributed by atoms with van der Waals surface area (Å²) in [6.45, 7) is 0.675. The summed E-state index contributed by atoms with van der Waals surface area (Å²) in [7, 11) is 1.40. The summed E-state index contributed by atoms with van der Waals surface area (Å²) in [5.74, 6) is 0.00155. The number of hydrogen-bond acceptors (Lipinski definition) is 4. The molecule has 27 heavy (non-hydrogen) atoms. The number of esters is 1. The summed E-state index contributed by atoms with van der Waals surface area (Å²) in [6.07, 6.45) is 7.46. The van der Waals surface area contributed by atoms with Crippen molar-refractivity contribution in [2.24, 2.45) is 0 Å². The van der Waals surface area contributed by atoms with Crippen LogP contribution >= 0.6 is 15.9 Å². The fourth-order valence-electron chi connectivity index (χ4n) is 3.13. The number of methoxy groups -OCH3 is 1. The smallest absolute Gasteiger partial charge is 0.305 e. The van der Waals surface area contributed by atoms with Crippen molar-refractivity contribution in [1.29, 1.82) is 0 Å². The predicted octanol–water partition coefficient (Wildman–Crippen LogP) is 4.65. The van der Waals surface area contributed by atoms with Crippen LogP contribution in [0.1, 0.15) is 61.7 Å². The third-order valence-corrected chi connectivity index (χ3v) is 5.15. The lowest BCUT2D eigenvalue weighted by Crippen LogP contribution is -2.24. The van der Waals surface area contributed by atoms with Gasteiger partial charge in [-0.2, -0.15) is 0 Å². The summed E-state index contributed by atoms with van der Waals surface area (Å²) in [5.41, 5.74) is 1.63. The number of benzene rings is 1. The first-order valence-electron chi connectivity index (χ1n) is 9.36. The van der Waals surface area contributed by atoms with Crippen LogP contribution < -0.4 is 0 Å². The first-order chi connectivity index (χ1) is 13.0. The van der Waals surface area contributed by atoms with Crippen LogP contribution in [0.15, 0.2) is 40.5 Å². The van der Waals surface area contributed by atoms with E-state index in [0.717, 1.165) is 35.9 Å². The predicted molar refractivity (Wildman–Crippen MR) is 107 cm³/mol. The number of halogens is 1. The number of nitrogens with zero attached hydrogens (tertiary/aromatic N) is 1. The molecular formula is C21H26BrNO4. The lowest BCUT2D eigenvalue weighted by Gasteiger charge is -2.18. The molecule has 1 aromatic rings. The van der Waals surface area contributed by atoms with Crippen molar-refractivity contribution in [2.45, 2.75) is 51.4 Å². The van der Waals surface area contributed by atoms with E-state index in [2.05, 4.69) is 20.7 Å². The van der Waals surface area contributed by atoms with Gasteiger partial charge >= 0.3 is 5.97 Å². The molecule has 1 heterocycles. The second-order valence-corrected chi connectivity index (χ2v) is 7.53. The van der Waals surface area contributed by atoms with E-state index in [4.69, 9.17) is 0 Å². The largest absolute Gasteiger partial charge is 0.469 e. The molecule has 0 spiro atoms. The van der Waals surface area contributed by atoms with Crippen molar-refractivity contribution in [2.75, 3.05) is 13.7 Å². The second kappa shape index (κ2) is 11.0. The van der Waals surface area contributed by atoms with Gasteiger partial charge in [-0.05, 0) is 31.4 Å². The Labute approximate surface area is 168 Å². The van der Waals surface area contributed by atoms with E-state index in [1.54, 1.807) is 6.07 Å². The van der Waals surface area contributed by atoms with Gasteiger partial charge in [-0.1, -0.05) is 47.0 Å². The molecule has 1 fully saturated rings. The van der Waals surface area contributed by atoms with E-state index < -0.39 is 0 Å². The summed E-state index contributed by atoms with van der Waals surface area (Å²) >= 11 is 3.38. The average Bonchev–Trinajstić information content (AvgIpc) is 3.02. The Bertz CT molecular complexity index is 714. The van der Waals surface area contributed by atoms with Gasteiger partial charge in [0.2, 0.25) is 5.91 Å². The van der Waals surface area contributed by atoms with Crippen molar-refractivity contribution in [3.8, 4) is 0 Å². The SMILES string of the molecule is COC(=O)CCCCCCN1C(=O)CCC1=CCC(=O)c1cccc(Br)c1. The number of ether oxygens (including phenoxy) is 1. The number of Topliss-reactive ketones (excluding diaryl/α,β-unsaturated/α-hetero) is 1. The maximum atomic E-state index is 12.3. The van der Waals surface area contributed by atoms with Gasteiger partial charge in [0, 0.05) is 41.5 Å². The Morgan fingerprint density at radius 2 is 1.96 bits per heavy atom. The molecule has 6 heteroatoms. The molecule has 2 rings (SSSR count). The number of carbonyl (C=O) groups excluding carboxylic acids is 3. The van der Waals surface area contributed by atoms with Gasteiger partial charge < -0.3 is 9.64 Å². The van der Waals surface area contributed by atoms with Crippen LogP contribution in [0.4, 0.5) is 0 Å². The van der Waals surface area contributed by atoms with Crippen LogP contribution in [0.2, 0.25) is 0 Å². The quantitative estimate of drug-likeness (QED) is 0.304. The highest BCUT2D eigenvalue weighted by Crippen LogP contribution is 2.24. The van der Waals surface area contributed by atoms with Gasteiger partial charge in [0.05, 0.1) is 7.11 Å². The minimum atomic E-state index is -0.176. The lowest BCUT2D eigenvalue weighted by atomic mass is 10.1. The molecule has 0 bridgehead atoms. The minimum absolute atomic E-state index is 0.0471. The minimum Gasteiger partial charge on any atom is -0.469 e. The molecule has 0 N–H and O–H groups in total. The molecule has 5 nitrogen and oxygen atoms in total. The van der Waals surface area contributed by atoms with Crippen molar-refractivity contribution >= 4 is 33.6 Å². The maximum absolute atomic E-state index is 12.3. The topological polar surface area (TPSA) is 63.7 Å². The number of rotatable bonds is 10. The average molecular weight is 436 g/mol. The number of allylic oxidation sites excluding steroid dienone is 2. The number of carbonyl (C=O) groups is 3. The van der Waals surface area contributed by atoms with Gasteiger partial charge in [-0.25, -0.2) is 0 Å². The van der Waals surface area contributed by atoms with E-state index in [1.165, 1.54) is 7.11 Å². The molecule has 0 atom stereocenters. The van der Waals surface area contributed by atoms with Crippen LogP contribution in [0.25, 0.3) is 0 Å². The van der Waals surface area contributed by atoms with Gasteiger partial charge in [0.1, 0.15) is 0 Å². The van der Waals surface area contributed by atoms with Crippen LogP contribution in [0.5, 0.6) is 0 Å². The van der Waals surface area contributed by atoms with E-state index in [1.807, 2.05) is 29.2 Å². The standard InChI is InChI=1S/C21H26BrNO4/c1-27-21(26)9-4-2-3-5-14-23-18(11-13-20(23)25)10-12-19(24)16-7-6-8-17(22)15-16/h6-8,10,15H,2-5,9,11-14H2,1H3. The van der Waals surface area contributed by atoms with Crippen LogP contribution in [-0.2, 0) is 14.3 Å². The molecule has 1 aliphatic rings. The van der Waals surface area contributed by atoms with Crippen LogP contribution in [0, 0.1) is 0 Å². The van der Waals surface area contributed by atoms with Gasteiger partial charge in [-0.15, -0.1) is 0 Å². The Kier molecular flexibility index (Phi) is 8.72. The molecular weight excluding hydrogens is 410 g/mol. The molecule has 146 valence electrons. The second-order valence-electron chi connectivity index (χ2n) is 6.62. The molecule has 0 radical (unpaired) electrons. The zero-order valence-corrected chi connectivity index (χ0v) is 17.3. The van der Waals surface area contributed by atoms with E-state index in [0.29, 0.717) is 37.8 Å². The highest BCUT2D eigenvalue weighted by Gasteiger charge is 2.25. The molecule has 1 aliphatic heterocycles. The molecule has 0 saturated carbocycles. The lowest BCUT2D eigenvalue weighted by molar-refractivity contribution is -0.140. The van der Waals surface area contributed by atoms with E-state index in [9.17, 15) is 14.4 Å². The number of amides is 1. The molecule has 1 saturated heterocycles. The molecule has 1 aromatic carbocycles. The van der Waals surface area contributed by atoms with E-state index >= 15 is 0 Å². The number of unbranched alkanes of at least 4 members (excludes halogenated alkanes) is 3. The zero-order chi connectivity index (χ0) is 19.6. The molecule has 0 aliphatic carbocycles. The highest BCUT2D eigenvalue weighted by molar-refractivity contribution is 9.10. The first-order valence-corrected chi connectivity index (χ1v) is 10.2. The zero-order valence-electron chi connectivity index (χ0n) is 15.7. The van der Waals surface area contributed by atoms with Crippen molar-refractivity contribution in [1.82, 2.24) is 4.90 Å². The van der Waals surface area contributed by atoms with Crippen molar-refractivity contribution < 1.29 is 19.1 Å². The van der Waals surface area contributed by atoms with Crippen molar-refractivity contribution in [3.63, 3.8) is 0 Å². The summed E-state index contributed by atoms with van der Waals surface area (Å²) < 4.78 is 5.50. The number of hydrogen-bond donors (Lipinski definition) is 0. The Hall–Kier alpha value is -1.95. The first kappa shape index (κ1) is 21.4. The molecule has 1 amide bonds.